The highest BCUT2D eigenvalue weighted by molar-refractivity contribution is 6.40. The highest BCUT2D eigenvalue weighted by Gasteiger charge is 2.15. The van der Waals surface area contributed by atoms with Gasteiger partial charge in [-0.05, 0) is 67.4 Å². The van der Waals surface area contributed by atoms with E-state index in [0.717, 1.165) is 0 Å². The van der Waals surface area contributed by atoms with Crippen LogP contribution in [0.3, 0.4) is 0 Å². The monoisotopic (exact) mass is 479 g/mol. The standard InChI is InChI=1S/C25H22ClN3O5/c1-3-33-22-14-17(12-13-21(22)34-25(32)18-8-5-4-6-9-18)15-27-29-24(31)23(30)28-20-11-7-10-19(26)16(20)2/h4-15H,3H2,1-2H3,(H,28,30)(H,29,31)/b27-15-. The fraction of sp³-hybridized carbons (Fsp3) is 0.120. The molecule has 174 valence electrons. The molecular weight excluding hydrogens is 458 g/mol. The molecule has 3 rings (SSSR count). The van der Waals surface area contributed by atoms with E-state index in [1.54, 1.807) is 80.6 Å². The van der Waals surface area contributed by atoms with Crippen molar-refractivity contribution in [3.63, 3.8) is 0 Å². The first-order valence-corrected chi connectivity index (χ1v) is 10.7. The van der Waals surface area contributed by atoms with Crippen LogP contribution in [-0.2, 0) is 9.59 Å². The zero-order valence-electron chi connectivity index (χ0n) is 18.5. The third kappa shape index (κ3) is 6.43. The van der Waals surface area contributed by atoms with Gasteiger partial charge in [-0.1, -0.05) is 35.9 Å². The molecule has 0 aliphatic carbocycles. The number of carbonyl (C=O) groups excluding carboxylic acids is 3. The number of ether oxygens (including phenoxy) is 2. The Labute approximate surface area is 201 Å². The second-order valence-corrected chi connectivity index (χ2v) is 7.37. The average molecular weight is 480 g/mol. The van der Waals surface area contributed by atoms with Gasteiger partial charge in [0.05, 0.1) is 18.4 Å². The maximum Gasteiger partial charge on any atom is 0.343 e. The predicted octanol–water partition coefficient (Wildman–Crippen LogP) is 4.36. The number of anilines is 1. The van der Waals surface area contributed by atoms with Crippen molar-refractivity contribution in [3.05, 3.63) is 88.4 Å². The van der Waals surface area contributed by atoms with Gasteiger partial charge in [0.1, 0.15) is 0 Å². The van der Waals surface area contributed by atoms with Crippen LogP contribution in [-0.4, -0.2) is 30.6 Å². The van der Waals surface area contributed by atoms with Crippen molar-refractivity contribution in [2.75, 3.05) is 11.9 Å². The summed E-state index contributed by atoms with van der Waals surface area (Å²) < 4.78 is 11.0. The molecule has 0 aliphatic heterocycles. The molecular formula is C25H22ClN3O5. The number of nitrogens with one attached hydrogen (secondary N) is 2. The van der Waals surface area contributed by atoms with Crippen LogP contribution in [0.5, 0.6) is 11.5 Å². The van der Waals surface area contributed by atoms with Crippen LogP contribution >= 0.6 is 11.6 Å². The predicted molar refractivity (Wildman–Crippen MR) is 130 cm³/mol. The lowest BCUT2D eigenvalue weighted by Gasteiger charge is -2.11. The first-order valence-electron chi connectivity index (χ1n) is 10.3. The number of hydrazone groups is 1. The zero-order valence-corrected chi connectivity index (χ0v) is 19.3. The SMILES string of the molecule is CCOc1cc(/C=N\NC(=O)C(=O)Nc2cccc(Cl)c2C)ccc1OC(=O)c1ccccc1. The minimum Gasteiger partial charge on any atom is -0.490 e. The first-order chi connectivity index (χ1) is 16.4. The average Bonchev–Trinajstić information content (AvgIpc) is 2.84. The van der Waals surface area contributed by atoms with Gasteiger partial charge in [0.25, 0.3) is 0 Å². The van der Waals surface area contributed by atoms with Crippen LogP contribution in [0.1, 0.15) is 28.4 Å². The second-order valence-electron chi connectivity index (χ2n) is 6.96. The fourth-order valence-corrected chi connectivity index (χ4v) is 3.00. The van der Waals surface area contributed by atoms with E-state index in [1.165, 1.54) is 6.21 Å². The minimum absolute atomic E-state index is 0.244. The van der Waals surface area contributed by atoms with Gasteiger partial charge < -0.3 is 14.8 Å². The van der Waals surface area contributed by atoms with E-state index in [4.69, 9.17) is 21.1 Å². The van der Waals surface area contributed by atoms with Crippen LogP contribution in [0.2, 0.25) is 5.02 Å². The number of benzene rings is 3. The van der Waals surface area contributed by atoms with Gasteiger partial charge in [0, 0.05) is 10.7 Å². The topological polar surface area (TPSA) is 106 Å². The molecule has 8 nitrogen and oxygen atoms in total. The molecule has 2 amide bonds. The summed E-state index contributed by atoms with van der Waals surface area (Å²) in [5, 5.41) is 6.77. The number of esters is 1. The molecule has 0 saturated carbocycles. The lowest BCUT2D eigenvalue weighted by atomic mass is 10.2. The van der Waals surface area contributed by atoms with Crippen LogP contribution in [0.15, 0.2) is 71.8 Å². The van der Waals surface area contributed by atoms with E-state index in [2.05, 4.69) is 15.8 Å². The summed E-state index contributed by atoms with van der Waals surface area (Å²) in [6.45, 7) is 3.87. The van der Waals surface area contributed by atoms with E-state index in [-0.39, 0.29) is 5.75 Å². The van der Waals surface area contributed by atoms with Crippen molar-refractivity contribution in [2.45, 2.75) is 13.8 Å². The normalized spacial score (nSPS) is 10.6. The van der Waals surface area contributed by atoms with Gasteiger partial charge in [-0.25, -0.2) is 10.2 Å². The summed E-state index contributed by atoms with van der Waals surface area (Å²) in [4.78, 5) is 36.5. The lowest BCUT2D eigenvalue weighted by molar-refractivity contribution is -0.136. The molecule has 0 radical (unpaired) electrons. The van der Waals surface area contributed by atoms with E-state index in [9.17, 15) is 14.4 Å². The van der Waals surface area contributed by atoms with Crippen LogP contribution in [0.25, 0.3) is 0 Å². The number of rotatable bonds is 7. The molecule has 3 aromatic rings. The molecule has 0 saturated heterocycles. The van der Waals surface area contributed by atoms with Crippen molar-refractivity contribution in [1.82, 2.24) is 5.43 Å². The summed E-state index contributed by atoms with van der Waals surface area (Å²) in [5.41, 5.74) is 4.19. The van der Waals surface area contributed by atoms with Gasteiger partial charge in [-0.2, -0.15) is 5.10 Å². The van der Waals surface area contributed by atoms with Gasteiger partial charge in [0.2, 0.25) is 0 Å². The number of carbonyl (C=O) groups is 3. The molecule has 0 bridgehead atoms. The number of halogens is 1. The molecule has 9 heteroatoms. The van der Waals surface area contributed by atoms with E-state index in [0.29, 0.717) is 39.8 Å². The summed E-state index contributed by atoms with van der Waals surface area (Å²) in [7, 11) is 0. The van der Waals surface area contributed by atoms with Gasteiger partial charge >= 0.3 is 17.8 Å². The van der Waals surface area contributed by atoms with Crippen LogP contribution < -0.4 is 20.2 Å². The molecule has 0 heterocycles. The van der Waals surface area contributed by atoms with Crippen molar-refractivity contribution in [1.29, 1.82) is 0 Å². The Kier molecular flexibility index (Phi) is 8.37. The molecule has 0 aromatic heterocycles. The van der Waals surface area contributed by atoms with E-state index >= 15 is 0 Å². The Morgan fingerprint density at radius 1 is 0.971 bits per heavy atom. The summed E-state index contributed by atoms with van der Waals surface area (Å²) in [5.74, 6) is -1.78. The fourth-order valence-electron chi connectivity index (χ4n) is 2.83. The number of hydrogen-bond donors (Lipinski definition) is 2. The highest BCUT2D eigenvalue weighted by Crippen LogP contribution is 2.29. The van der Waals surface area contributed by atoms with Crippen molar-refractivity contribution in [2.24, 2.45) is 5.10 Å². The highest BCUT2D eigenvalue weighted by atomic mass is 35.5. The van der Waals surface area contributed by atoms with E-state index in [1.807, 2.05) is 0 Å². The maximum atomic E-state index is 12.3. The molecule has 0 fully saturated rings. The largest absolute Gasteiger partial charge is 0.490 e. The smallest absolute Gasteiger partial charge is 0.343 e. The Balaban J connectivity index is 1.64. The Hall–Kier alpha value is -4.17. The number of hydrogen-bond acceptors (Lipinski definition) is 6. The van der Waals surface area contributed by atoms with Crippen molar-refractivity contribution >= 4 is 41.3 Å². The second kappa shape index (κ2) is 11.6. The number of nitrogens with zero attached hydrogens (tertiary/aromatic N) is 1. The van der Waals surface area contributed by atoms with Gasteiger partial charge in [-0.3, -0.25) is 9.59 Å². The molecule has 0 atom stereocenters. The van der Waals surface area contributed by atoms with E-state index < -0.39 is 17.8 Å². The number of amides is 2. The van der Waals surface area contributed by atoms with Crippen LogP contribution in [0.4, 0.5) is 5.69 Å². The zero-order chi connectivity index (χ0) is 24.5. The third-order valence-electron chi connectivity index (χ3n) is 4.58. The molecule has 34 heavy (non-hydrogen) atoms. The maximum absolute atomic E-state index is 12.3. The molecule has 0 aliphatic rings. The van der Waals surface area contributed by atoms with Crippen molar-refractivity contribution < 1.29 is 23.9 Å². The summed E-state index contributed by atoms with van der Waals surface area (Å²) in [6.07, 6.45) is 1.33. The lowest BCUT2D eigenvalue weighted by Crippen LogP contribution is -2.32. The molecule has 0 spiro atoms. The Bertz CT molecular complexity index is 1230. The van der Waals surface area contributed by atoms with Crippen molar-refractivity contribution in [3.8, 4) is 11.5 Å². The molecule has 3 aromatic carbocycles. The first kappa shape index (κ1) is 24.5. The van der Waals surface area contributed by atoms with Gasteiger partial charge in [0.15, 0.2) is 11.5 Å². The van der Waals surface area contributed by atoms with Crippen LogP contribution in [0, 0.1) is 6.92 Å². The summed E-state index contributed by atoms with van der Waals surface area (Å²) >= 11 is 6.02. The Morgan fingerprint density at radius 2 is 1.74 bits per heavy atom. The third-order valence-corrected chi connectivity index (χ3v) is 4.99. The molecule has 0 unspecified atom stereocenters. The molecule has 2 N–H and O–H groups in total. The van der Waals surface area contributed by atoms with Gasteiger partial charge in [-0.15, -0.1) is 0 Å². The Morgan fingerprint density at radius 3 is 2.47 bits per heavy atom. The quantitative estimate of drug-likeness (QED) is 0.172. The minimum atomic E-state index is -0.950. The summed E-state index contributed by atoms with van der Waals surface area (Å²) in [6, 6.07) is 18.3.